The standard InChI is InChI=1S/C12H24O3/c13-9-7-5-3-1-2-4-6-8-12-14-10-11-15-12/h12-13H,1-11H2. The Morgan fingerprint density at radius 1 is 0.800 bits per heavy atom. The molecule has 1 aliphatic heterocycles. The molecule has 3 heteroatoms. The van der Waals surface area contributed by atoms with Crippen molar-refractivity contribution in [2.45, 2.75) is 57.7 Å². The van der Waals surface area contributed by atoms with E-state index in [-0.39, 0.29) is 6.29 Å². The highest BCUT2D eigenvalue weighted by Crippen LogP contribution is 2.14. The fourth-order valence-corrected chi connectivity index (χ4v) is 1.88. The predicted molar refractivity (Wildman–Crippen MR) is 59.7 cm³/mol. The summed E-state index contributed by atoms with van der Waals surface area (Å²) in [5, 5.41) is 8.60. The minimum Gasteiger partial charge on any atom is -0.396 e. The molecule has 0 aromatic carbocycles. The summed E-state index contributed by atoms with van der Waals surface area (Å²) in [6, 6.07) is 0. The zero-order chi connectivity index (χ0) is 10.8. The van der Waals surface area contributed by atoms with Gasteiger partial charge in [0.05, 0.1) is 13.2 Å². The van der Waals surface area contributed by atoms with E-state index in [1.54, 1.807) is 0 Å². The fourth-order valence-electron chi connectivity index (χ4n) is 1.88. The molecule has 0 bridgehead atoms. The summed E-state index contributed by atoms with van der Waals surface area (Å²) in [4.78, 5) is 0. The Labute approximate surface area is 92.8 Å². The van der Waals surface area contributed by atoms with Gasteiger partial charge in [0.25, 0.3) is 0 Å². The molecule has 0 aliphatic carbocycles. The van der Waals surface area contributed by atoms with Crippen molar-refractivity contribution in [3.63, 3.8) is 0 Å². The van der Waals surface area contributed by atoms with E-state index in [4.69, 9.17) is 14.6 Å². The Balaban J connectivity index is 1.73. The van der Waals surface area contributed by atoms with Gasteiger partial charge in [-0.2, -0.15) is 0 Å². The largest absolute Gasteiger partial charge is 0.396 e. The Morgan fingerprint density at radius 3 is 1.93 bits per heavy atom. The summed E-state index contributed by atoms with van der Waals surface area (Å²) >= 11 is 0. The van der Waals surface area contributed by atoms with Gasteiger partial charge < -0.3 is 14.6 Å². The highest BCUT2D eigenvalue weighted by atomic mass is 16.7. The number of unbranched alkanes of at least 4 members (excludes halogenated alkanes) is 6. The van der Waals surface area contributed by atoms with E-state index in [2.05, 4.69) is 0 Å². The van der Waals surface area contributed by atoms with Crippen molar-refractivity contribution in [1.82, 2.24) is 0 Å². The van der Waals surface area contributed by atoms with Crippen LogP contribution in [0.5, 0.6) is 0 Å². The van der Waals surface area contributed by atoms with Crippen molar-refractivity contribution in [3.05, 3.63) is 0 Å². The van der Waals surface area contributed by atoms with Crippen molar-refractivity contribution < 1.29 is 14.6 Å². The van der Waals surface area contributed by atoms with Crippen LogP contribution in [0.15, 0.2) is 0 Å². The Morgan fingerprint density at radius 2 is 1.33 bits per heavy atom. The predicted octanol–water partition coefficient (Wildman–Crippen LogP) is 2.47. The van der Waals surface area contributed by atoms with Gasteiger partial charge in [0.15, 0.2) is 6.29 Å². The summed E-state index contributed by atoms with van der Waals surface area (Å²) in [5.74, 6) is 0. The second-order valence-electron chi connectivity index (χ2n) is 4.16. The highest BCUT2D eigenvalue weighted by molar-refractivity contribution is 4.53. The number of hydrogen-bond acceptors (Lipinski definition) is 3. The normalized spacial score (nSPS) is 17.4. The van der Waals surface area contributed by atoms with E-state index < -0.39 is 0 Å². The van der Waals surface area contributed by atoms with Crippen LogP contribution in [0, 0.1) is 0 Å². The van der Waals surface area contributed by atoms with Crippen molar-refractivity contribution in [1.29, 1.82) is 0 Å². The van der Waals surface area contributed by atoms with Crippen LogP contribution in [0.4, 0.5) is 0 Å². The molecule has 1 aliphatic rings. The number of aliphatic hydroxyl groups is 1. The van der Waals surface area contributed by atoms with Gasteiger partial charge in [-0.1, -0.05) is 32.1 Å². The van der Waals surface area contributed by atoms with Crippen LogP contribution in [-0.2, 0) is 9.47 Å². The summed E-state index contributed by atoms with van der Waals surface area (Å²) in [7, 11) is 0. The van der Waals surface area contributed by atoms with Crippen LogP contribution in [0.25, 0.3) is 0 Å². The average Bonchev–Trinajstić information content (AvgIpc) is 2.75. The number of hydrogen-bond donors (Lipinski definition) is 1. The third-order valence-corrected chi connectivity index (χ3v) is 2.79. The van der Waals surface area contributed by atoms with Gasteiger partial charge in [0.2, 0.25) is 0 Å². The number of aliphatic hydroxyl groups excluding tert-OH is 1. The highest BCUT2D eigenvalue weighted by Gasteiger charge is 2.14. The van der Waals surface area contributed by atoms with Crippen LogP contribution in [0.1, 0.15) is 51.4 Å². The molecule has 0 amide bonds. The zero-order valence-electron chi connectivity index (χ0n) is 9.62. The third kappa shape index (κ3) is 6.88. The summed E-state index contributed by atoms with van der Waals surface area (Å²) < 4.78 is 10.7. The molecule has 0 atom stereocenters. The number of ether oxygens (including phenoxy) is 2. The first-order valence-corrected chi connectivity index (χ1v) is 6.27. The molecular weight excluding hydrogens is 192 g/mol. The lowest BCUT2D eigenvalue weighted by molar-refractivity contribution is -0.0480. The minimum absolute atomic E-state index is 0.0828. The average molecular weight is 216 g/mol. The molecule has 15 heavy (non-hydrogen) atoms. The van der Waals surface area contributed by atoms with E-state index in [0.29, 0.717) is 6.61 Å². The Bertz CT molecular complexity index is 133. The monoisotopic (exact) mass is 216 g/mol. The van der Waals surface area contributed by atoms with Crippen LogP contribution >= 0.6 is 0 Å². The molecule has 90 valence electrons. The van der Waals surface area contributed by atoms with Gasteiger partial charge in [-0.05, 0) is 19.3 Å². The molecule has 1 heterocycles. The Hall–Kier alpha value is -0.120. The Kier molecular flexibility index (Phi) is 7.88. The summed E-state index contributed by atoms with van der Waals surface area (Å²) in [5.41, 5.74) is 0. The maximum Gasteiger partial charge on any atom is 0.157 e. The van der Waals surface area contributed by atoms with Crippen molar-refractivity contribution >= 4 is 0 Å². The van der Waals surface area contributed by atoms with Gasteiger partial charge in [-0.15, -0.1) is 0 Å². The minimum atomic E-state index is 0.0828. The first-order valence-electron chi connectivity index (χ1n) is 6.27. The van der Waals surface area contributed by atoms with Gasteiger partial charge >= 0.3 is 0 Å². The fraction of sp³-hybridized carbons (Fsp3) is 1.00. The van der Waals surface area contributed by atoms with E-state index in [0.717, 1.165) is 26.1 Å². The molecule has 1 fully saturated rings. The van der Waals surface area contributed by atoms with Crippen LogP contribution in [0.3, 0.4) is 0 Å². The van der Waals surface area contributed by atoms with Crippen molar-refractivity contribution in [3.8, 4) is 0 Å². The van der Waals surface area contributed by atoms with E-state index in [1.165, 1.54) is 38.5 Å². The van der Waals surface area contributed by atoms with E-state index in [9.17, 15) is 0 Å². The molecule has 0 aromatic rings. The molecule has 1 rings (SSSR count). The van der Waals surface area contributed by atoms with Crippen LogP contribution in [0.2, 0.25) is 0 Å². The number of rotatable bonds is 9. The van der Waals surface area contributed by atoms with E-state index in [1.807, 2.05) is 0 Å². The molecule has 1 N–H and O–H groups in total. The molecule has 3 nitrogen and oxygen atoms in total. The lowest BCUT2D eigenvalue weighted by atomic mass is 10.1. The van der Waals surface area contributed by atoms with E-state index >= 15 is 0 Å². The van der Waals surface area contributed by atoms with Crippen LogP contribution < -0.4 is 0 Å². The lowest BCUT2D eigenvalue weighted by Gasteiger charge is -2.07. The molecule has 0 saturated carbocycles. The van der Waals surface area contributed by atoms with Gasteiger partial charge in [0.1, 0.15) is 0 Å². The maximum atomic E-state index is 8.60. The zero-order valence-corrected chi connectivity index (χ0v) is 9.62. The summed E-state index contributed by atoms with van der Waals surface area (Å²) in [6.45, 7) is 1.88. The first kappa shape index (κ1) is 12.9. The molecule has 0 spiro atoms. The van der Waals surface area contributed by atoms with Crippen molar-refractivity contribution in [2.75, 3.05) is 19.8 Å². The van der Waals surface area contributed by atoms with Gasteiger partial charge in [0, 0.05) is 6.61 Å². The molecule has 1 saturated heterocycles. The maximum absolute atomic E-state index is 8.60. The molecule has 0 radical (unpaired) electrons. The molecule has 0 aromatic heterocycles. The second kappa shape index (κ2) is 9.13. The van der Waals surface area contributed by atoms with Crippen LogP contribution in [-0.4, -0.2) is 31.2 Å². The molecule has 0 unspecified atom stereocenters. The smallest absolute Gasteiger partial charge is 0.157 e. The first-order chi connectivity index (χ1) is 7.43. The van der Waals surface area contributed by atoms with Gasteiger partial charge in [-0.25, -0.2) is 0 Å². The van der Waals surface area contributed by atoms with Crippen molar-refractivity contribution in [2.24, 2.45) is 0 Å². The lowest BCUT2D eigenvalue weighted by Crippen LogP contribution is -2.06. The second-order valence-corrected chi connectivity index (χ2v) is 4.16. The third-order valence-electron chi connectivity index (χ3n) is 2.79. The quantitative estimate of drug-likeness (QED) is 0.602. The SMILES string of the molecule is OCCCCCCCCCC1OCCO1. The topological polar surface area (TPSA) is 38.7 Å². The summed E-state index contributed by atoms with van der Waals surface area (Å²) in [6.07, 6.45) is 9.62. The van der Waals surface area contributed by atoms with Gasteiger partial charge in [-0.3, -0.25) is 0 Å². The molecular formula is C12H24O3.